The number of thiazole rings is 1. The summed E-state index contributed by atoms with van der Waals surface area (Å²) in [5.74, 6) is -0.935. The molecular weight excluding hydrogens is 669 g/mol. The van der Waals surface area contributed by atoms with Crippen LogP contribution in [0.1, 0.15) is 104 Å². The molecule has 4 amide bonds. The Balaban J connectivity index is 1.47. The number of aliphatic hydroxyl groups excluding tert-OH is 1. The first-order valence-electron chi connectivity index (χ1n) is 18.2. The lowest BCUT2D eigenvalue weighted by molar-refractivity contribution is -0.144. The zero-order valence-corrected chi connectivity index (χ0v) is 32.4. The maximum Gasteiger partial charge on any atom is 0.410 e. The van der Waals surface area contributed by atoms with Crippen LogP contribution < -0.4 is 16.4 Å². The molecule has 0 spiro atoms. The van der Waals surface area contributed by atoms with Crippen LogP contribution >= 0.6 is 11.3 Å². The molecule has 0 aliphatic carbocycles. The van der Waals surface area contributed by atoms with Gasteiger partial charge in [0.1, 0.15) is 17.7 Å². The minimum atomic E-state index is -0.860. The number of aryl methyl sites for hydroxylation is 1. The smallest absolute Gasteiger partial charge is 0.410 e. The molecule has 51 heavy (non-hydrogen) atoms. The van der Waals surface area contributed by atoms with Crippen LogP contribution in [-0.4, -0.2) is 93.7 Å². The normalized spacial score (nSPS) is 16.8. The number of aliphatic hydroxyl groups is 1. The van der Waals surface area contributed by atoms with Gasteiger partial charge in [-0.2, -0.15) is 0 Å². The molecule has 1 aromatic heterocycles. The van der Waals surface area contributed by atoms with Crippen LogP contribution in [0.5, 0.6) is 0 Å². The van der Waals surface area contributed by atoms with E-state index >= 15 is 0 Å². The summed E-state index contributed by atoms with van der Waals surface area (Å²) in [6, 6.07) is 6.22. The van der Waals surface area contributed by atoms with Crippen molar-refractivity contribution in [3.63, 3.8) is 0 Å². The number of hydrogen-bond acceptors (Lipinski definition) is 9. The molecule has 1 aliphatic heterocycles. The summed E-state index contributed by atoms with van der Waals surface area (Å²) in [5.41, 5.74) is 9.24. The third-order valence-corrected chi connectivity index (χ3v) is 9.80. The van der Waals surface area contributed by atoms with E-state index in [0.717, 1.165) is 47.4 Å². The van der Waals surface area contributed by atoms with E-state index in [1.54, 1.807) is 16.2 Å². The number of ether oxygens (including phenoxy) is 1. The van der Waals surface area contributed by atoms with E-state index in [1.807, 2.05) is 78.2 Å². The average molecular weight is 729 g/mol. The lowest BCUT2D eigenvalue weighted by Gasteiger charge is -2.35. The number of nitrogens with one attached hydrogen (secondary N) is 2. The van der Waals surface area contributed by atoms with Crippen LogP contribution in [0.3, 0.4) is 0 Å². The van der Waals surface area contributed by atoms with E-state index in [9.17, 15) is 24.3 Å². The van der Waals surface area contributed by atoms with Crippen molar-refractivity contribution in [1.82, 2.24) is 25.4 Å². The first kappa shape index (κ1) is 41.9. The summed E-state index contributed by atoms with van der Waals surface area (Å²) >= 11 is 1.58. The molecule has 284 valence electrons. The number of amides is 4. The zero-order valence-electron chi connectivity index (χ0n) is 31.6. The Morgan fingerprint density at radius 3 is 2.27 bits per heavy atom. The van der Waals surface area contributed by atoms with Gasteiger partial charge in [-0.25, -0.2) is 9.78 Å². The molecule has 0 bridgehead atoms. The molecule has 3 atom stereocenters. The molecule has 1 saturated heterocycles. The number of likely N-dealkylation sites (tertiary alicyclic amines) is 1. The predicted molar refractivity (Wildman–Crippen MR) is 201 cm³/mol. The highest BCUT2D eigenvalue weighted by Crippen LogP contribution is 2.28. The Morgan fingerprint density at radius 2 is 1.67 bits per heavy atom. The average Bonchev–Trinajstić information content (AvgIpc) is 3.67. The molecule has 3 rings (SSSR count). The van der Waals surface area contributed by atoms with Crippen molar-refractivity contribution >= 4 is 35.2 Å². The summed E-state index contributed by atoms with van der Waals surface area (Å²) in [5, 5.41) is 16.4. The van der Waals surface area contributed by atoms with Crippen molar-refractivity contribution < 1.29 is 29.0 Å². The molecule has 13 heteroatoms. The van der Waals surface area contributed by atoms with Gasteiger partial charge in [-0.1, -0.05) is 64.3 Å². The van der Waals surface area contributed by atoms with E-state index in [4.69, 9.17) is 10.5 Å². The summed E-state index contributed by atoms with van der Waals surface area (Å²) in [4.78, 5) is 61.4. The van der Waals surface area contributed by atoms with Gasteiger partial charge in [0.25, 0.3) is 0 Å². The summed E-state index contributed by atoms with van der Waals surface area (Å²) in [7, 11) is 0. The van der Waals surface area contributed by atoms with Gasteiger partial charge in [0.2, 0.25) is 17.7 Å². The summed E-state index contributed by atoms with van der Waals surface area (Å²) < 4.78 is 5.53. The number of β-amino-alcohol motifs (C(OH)–C–C–N with tert-alkyl or cyclic N) is 1. The number of rotatable bonds is 17. The standard InChI is InChI=1S/C38H60N6O6S/c1-26-32(51-25-41-26)28-17-15-27(16-18-28)23-40-34(47)30-22-29(45)24-44(30)35(48)33(37(2,3)4)42-31(46)14-11-9-8-10-12-20-43(21-13-19-39)36(49)50-38(5,6)7/h15-18,25,29-30,33,45H,8-14,19-24,39H2,1-7H3,(H,40,47)(H,42,46)/t29-,30+,33-/m1/s1. The van der Waals surface area contributed by atoms with Crippen LogP contribution in [0.25, 0.3) is 10.4 Å². The number of unbranched alkanes of at least 4 members (excludes halogenated alkanes) is 4. The molecule has 1 aliphatic rings. The Labute approximate surface area is 307 Å². The summed E-state index contributed by atoms with van der Waals surface area (Å²) in [6.07, 6.45) is 4.11. The van der Waals surface area contributed by atoms with Gasteiger partial charge in [-0.3, -0.25) is 14.4 Å². The molecular formula is C38H60N6O6S. The number of hydrogen-bond donors (Lipinski definition) is 4. The number of carbonyl (C=O) groups excluding carboxylic acids is 4. The highest BCUT2D eigenvalue weighted by Gasteiger charge is 2.44. The molecule has 2 heterocycles. The molecule has 1 aromatic carbocycles. The second-order valence-electron chi connectivity index (χ2n) is 15.6. The minimum absolute atomic E-state index is 0.0276. The molecule has 0 saturated carbocycles. The lowest BCUT2D eigenvalue weighted by Crippen LogP contribution is -2.57. The van der Waals surface area contributed by atoms with Crippen LogP contribution in [0.15, 0.2) is 29.8 Å². The van der Waals surface area contributed by atoms with Crippen LogP contribution in [-0.2, 0) is 25.7 Å². The highest BCUT2D eigenvalue weighted by atomic mass is 32.1. The van der Waals surface area contributed by atoms with Crippen molar-refractivity contribution in [2.75, 3.05) is 26.2 Å². The zero-order chi connectivity index (χ0) is 37.8. The van der Waals surface area contributed by atoms with E-state index in [2.05, 4.69) is 15.6 Å². The number of carbonyl (C=O) groups is 4. The quantitative estimate of drug-likeness (QED) is 0.162. The predicted octanol–water partition coefficient (Wildman–Crippen LogP) is 5.15. The first-order valence-corrected chi connectivity index (χ1v) is 19.1. The third kappa shape index (κ3) is 13.5. The van der Waals surface area contributed by atoms with Crippen LogP contribution in [0.4, 0.5) is 4.79 Å². The number of nitrogens with zero attached hydrogens (tertiary/aromatic N) is 3. The summed E-state index contributed by atoms with van der Waals surface area (Å²) in [6.45, 7) is 15.1. The largest absolute Gasteiger partial charge is 0.444 e. The second kappa shape index (κ2) is 19.3. The fraction of sp³-hybridized carbons (Fsp3) is 0.658. The minimum Gasteiger partial charge on any atom is -0.444 e. The molecule has 2 aromatic rings. The maximum absolute atomic E-state index is 13.9. The maximum atomic E-state index is 13.9. The molecule has 1 fully saturated rings. The highest BCUT2D eigenvalue weighted by molar-refractivity contribution is 7.13. The van der Waals surface area contributed by atoms with Gasteiger partial charge in [0.05, 0.1) is 22.2 Å². The Hall–Kier alpha value is -3.55. The van der Waals surface area contributed by atoms with Crippen molar-refractivity contribution in [3.05, 3.63) is 41.0 Å². The van der Waals surface area contributed by atoms with Crippen molar-refractivity contribution in [1.29, 1.82) is 0 Å². The van der Waals surface area contributed by atoms with Crippen LogP contribution in [0.2, 0.25) is 0 Å². The van der Waals surface area contributed by atoms with Crippen molar-refractivity contribution in [2.45, 2.75) is 130 Å². The number of nitrogens with two attached hydrogens (primary N) is 1. The Kier molecular flexibility index (Phi) is 15.9. The van der Waals surface area contributed by atoms with E-state index in [-0.39, 0.29) is 49.7 Å². The molecule has 0 unspecified atom stereocenters. The Morgan fingerprint density at radius 1 is 1.02 bits per heavy atom. The fourth-order valence-electron chi connectivity index (χ4n) is 6.04. The Bertz CT molecular complexity index is 1430. The van der Waals surface area contributed by atoms with Gasteiger partial charge in [0, 0.05) is 39.0 Å². The SMILES string of the molecule is Cc1ncsc1-c1ccc(CNC(=O)[C@@H]2C[C@@H](O)CN2C(=O)[C@@H](NC(=O)CCCCCCCN(CCCN)C(=O)OC(C)(C)C)C(C)(C)C)cc1. The lowest BCUT2D eigenvalue weighted by atomic mass is 9.85. The van der Waals surface area contributed by atoms with Gasteiger partial charge < -0.3 is 36.0 Å². The van der Waals surface area contributed by atoms with Crippen LogP contribution in [0, 0.1) is 12.3 Å². The molecule has 5 N–H and O–H groups in total. The van der Waals surface area contributed by atoms with E-state index in [0.29, 0.717) is 32.5 Å². The second-order valence-corrected chi connectivity index (χ2v) is 16.4. The van der Waals surface area contributed by atoms with Gasteiger partial charge in [0.15, 0.2) is 0 Å². The van der Waals surface area contributed by atoms with Gasteiger partial charge in [-0.15, -0.1) is 11.3 Å². The molecule has 0 radical (unpaired) electrons. The first-order chi connectivity index (χ1) is 24.0. The van der Waals surface area contributed by atoms with Gasteiger partial charge >= 0.3 is 6.09 Å². The number of aromatic nitrogens is 1. The number of benzene rings is 1. The van der Waals surface area contributed by atoms with E-state index < -0.39 is 29.2 Å². The van der Waals surface area contributed by atoms with E-state index in [1.165, 1.54) is 4.90 Å². The fourth-order valence-corrected chi connectivity index (χ4v) is 6.85. The topological polar surface area (TPSA) is 167 Å². The van der Waals surface area contributed by atoms with Gasteiger partial charge in [-0.05, 0) is 70.0 Å². The molecule has 12 nitrogen and oxygen atoms in total. The van der Waals surface area contributed by atoms with Crippen molar-refractivity contribution in [2.24, 2.45) is 11.1 Å². The monoisotopic (exact) mass is 728 g/mol. The van der Waals surface area contributed by atoms with Crippen molar-refractivity contribution in [3.8, 4) is 10.4 Å². The third-order valence-electron chi connectivity index (χ3n) is 8.83.